The second-order valence-corrected chi connectivity index (χ2v) is 5.28. The van der Waals surface area contributed by atoms with Crippen LogP contribution in [-0.2, 0) is 4.74 Å². The zero-order valence-corrected chi connectivity index (χ0v) is 10.6. The number of nitrogens with zero attached hydrogens (tertiary/aromatic N) is 1. The normalized spacial score (nSPS) is 26.5. The van der Waals surface area contributed by atoms with Gasteiger partial charge in [0.15, 0.2) is 5.78 Å². The zero-order valence-electron chi connectivity index (χ0n) is 10.6. The fraction of sp³-hybridized carbons (Fsp3) is 0.500. The molecule has 2 saturated heterocycles. The van der Waals surface area contributed by atoms with Gasteiger partial charge in [-0.1, -0.05) is 0 Å². The van der Waals surface area contributed by atoms with Crippen molar-refractivity contribution in [2.24, 2.45) is 0 Å². The number of ketones is 1. The van der Waals surface area contributed by atoms with Gasteiger partial charge in [-0.25, -0.2) is 0 Å². The molecule has 0 amide bonds. The van der Waals surface area contributed by atoms with Gasteiger partial charge in [0.05, 0.1) is 24.3 Å². The summed E-state index contributed by atoms with van der Waals surface area (Å²) in [5, 5.41) is 18.9. The minimum absolute atomic E-state index is 0.0431. The van der Waals surface area contributed by atoms with Crippen molar-refractivity contribution in [3.8, 4) is 11.5 Å². The third-order valence-corrected chi connectivity index (χ3v) is 3.77. The van der Waals surface area contributed by atoms with Crippen molar-refractivity contribution >= 4 is 5.78 Å². The first-order chi connectivity index (χ1) is 9.11. The van der Waals surface area contributed by atoms with Crippen molar-refractivity contribution in [3.05, 3.63) is 23.8 Å². The molecule has 1 aromatic carbocycles. The van der Waals surface area contributed by atoms with E-state index in [0.717, 1.165) is 25.9 Å². The summed E-state index contributed by atoms with van der Waals surface area (Å²) in [5.74, 6) is -0.335. The van der Waals surface area contributed by atoms with Crippen LogP contribution in [0.1, 0.15) is 23.2 Å². The standard InChI is InChI=1S/C14H17NO4/c16-9-1-4-12(13(17)5-9)14(18)8-15-6-10-2-3-11(7-15)19-10/h1,4-5,10-11,16-17H,2-3,6-8H2. The zero-order chi connectivity index (χ0) is 13.4. The average Bonchev–Trinajstić information content (AvgIpc) is 2.68. The van der Waals surface area contributed by atoms with Gasteiger partial charge in [-0.3, -0.25) is 9.69 Å². The molecule has 5 nitrogen and oxygen atoms in total. The average molecular weight is 263 g/mol. The molecule has 3 rings (SSSR count). The molecule has 2 N–H and O–H groups in total. The molecule has 5 heteroatoms. The van der Waals surface area contributed by atoms with E-state index in [0.29, 0.717) is 0 Å². The summed E-state index contributed by atoms with van der Waals surface area (Å²) < 4.78 is 5.72. The predicted octanol–water partition coefficient (Wildman–Crippen LogP) is 1.14. The molecule has 2 heterocycles. The van der Waals surface area contributed by atoms with Crippen molar-refractivity contribution in [2.75, 3.05) is 19.6 Å². The molecule has 19 heavy (non-hydrogen) atoms. The number of ether oxygens (including phenoxy) is 1. The Labute approximate surface area is 111 Å². The van der Waals surface area contributed by atoms with E-state index >= 15 is 0 Å². The number of carbonyl (C=O) groups excluding carboxylic acids is 1. The van der Waals surface area contributed by atoms with Gasteiger partial charge in [-0.2, -0.15) is 0 Å². The SMILES string of the molecule is O=C(CN1CC2CCC(C1)O2)c1ccc(O)cc1O. The van der Waals surface area contributed by atoms with Crippen LogP contribution in [0, 0.1) is 0 Å². The van der Waals surface area contributed by atoms with Crippen LogP contribution in [0.2, 0.25) is 0 Å². The van der Waals surface area contributed by atoms with Crippen molar-refractivity contribution in [1.82, 2.24) is 4.90 Å². The molecule has 2 aliphatic rings. The van der Waals surface area contributed by atoms with Crippen molar-refractivity contribution in [2.45, 2.75) is 25.0 Å². The first kappa shape index (κ1) is 12.4. The lowest BCUT2D eigenvalue weighted by Crippen LogP contribution is -2.44. The first-order valence-electron chi connectivity index (χ1n) is 6.55. The highest BCUT2D eigenvalue weighted by Gasteiger charge is 2.34. The number of likely N-dealkylation sites (tertiary alicyclic amines) is 1. The fourth-order valence-electron chi connectivity index (χ4n) is 2.87. The number of morpholine rings is 1. The Morgan fingerprint density at radius 1 is 1.26 bits per heavy atom. The lowest BCUT2D eigenvalue weighted by molar-refractivity contribution is -0.0355. The van der Waals surface area contributed by atoms with E-state index in [-0.39, 0.29) is 41.6 Å². The molecular weight excluding hydrogens is 246 g/mol. The van der Waals surface area contributed by atoms with Gasteiger partial charge >= 0.3 is 0 Å². The molecule has 0 aromatic heterocycles. The van der Waals surface area contributed by atoms with Gasteiger partial charge in [-0.15, -0.1) is 0 Å². The number of aromatic hydroxyl groups is 2. The second kappa shape index (κ2) is 4.83. The second-order valence-electron chi connectivity index (χ2n) is 5.28. The van der Waals surface area contributed by atoms with Gasteiger partial charge in [0.25, 0.3) is 0 Å². The molecule has 2 fully saturated rings. The van der Waals surface area contributed by atoms with Crippen molar-refractivity contribution in [1.29, 1.82) is 0 Å². The maximum Gasteiger partial charge on any atom is 0.180 e. The van der Waals surface area contributed by atoms with E-state index in [2.05, 4.69) is 4.90 Å². The highest BCUT2D eigenvalue weighted by molar-refractivity contribution is 6.00. The summed E-state index contributed by atoms with van der Waals surface area (Å²) in [7, 11) is 0. The van der Waals surface area contributed by atoms with Gasteiger partial charge in [-0.05, 0) is 25.0 Å². The van der Waals surface area contributed by atoms with Crippen LogP contribution in [0.25, 0.3) is 0 Å². The molecular formula is C14H17NO4. The number of fused-ring (bicyclic) bond motifs is 2. The van der Waals surface area contributed by atoms with E-state index in [9.17, 15) is 15.0 Å². The summed E-state index contributed by atoms with van der Waals surface area (Å²) in [4.78, 5) is 14.2. The van der Waals surface area contributed by atoms with E-state index in [1.165, 1.54) is 18.2 Å². The van der Waals surface area contributed by atoms with Crippen LogP contribution in [0.5, 0.6) is 11.5 Å². The van der Waals surface area contributed by atoms with E-state index in [1.54, 1.807) is 0 Å². The molecule has 2 atom stereocenters. The van der Waals surface area contributed by atoms with Crippen LogP contribution in [-0.4, -0.2) is 52.7 Å². The summed E-state index contributed by atoms with van der Waals surface area (Å²) >= 11 is 0. The number of carbonyl (C=O) groups is 1. The molecule has 2 aliphatic heterocycles. The molecule has 1 aromatic rings. The van der Waals surface area contributed by atoms with Gasteiger partial charge < -0.3 is 14.9 Å². The first-order valence-corrected chi connectivity index (χ1v) is 6.55. The monoisotopic (exact) mass is 263 g/mol. The van der Waals surface area contributed by atoms with Gasteiger partial charge in [0.1, 0.15) is 11.5 Å². The third-order valence-electron chi connectivity index (χ3n) is 3.77. The summed E-state index contributed by atoms with van der Waals surface area (Å²) in [6.07, 6.45) is 2.64. The van der Waals surface area contributed by atoms with Gasteiger partial charge in [0, 0.05) is 19.2 Å². The number of hydrogen-bond acceptors (Lipinski definition) is 5. The largest absolute Gasteiger partial charge is 0.508 e. The number of Topliss-reactive ketones (excluding diaryl/α,β-unsaturated/α-hetero) is 1. The van der Waals surface area contributed by atoms with E-state index in [1.807, 2.05) is 0 Å². The summed E-state index contributed by atoms with van der Waals surface area (Å²) in [5.41, 5.74) is 0.261. The van der Waals surface area contributed by atoms with E-state index in [4.69, 9.17) is 4.74 Å². The molecule has 0 saturated carbocycles. The molecule has 0 aliphatic carbocycles. The highest BCUT2D eigenvalue weighted by Crippen LogP contribution is 2.27. The summed E-state index contributed by atoms with van der Waals surface area (Å²) in [6.45, 7) is 1.84. The minimum atomic E-state index is -0.166. The molecule has 102 valence electrons. The maximum atomic E-state index is 12.2. The van der Waals surface area contributed by atoms with Crippen LogP contribution < -0.4 is 0 Å². The third kappa shape index (κ3) is 2.57. The Morgan fingerprint density at radius 3 is 2.58 bits per heavy atom. The fourth-order valence-corrected chi connectivity index (χ4v) is 2.87. The Morgan fingerprint density at radius 2 is 1.95 bits per heavy atom. The van der Waals surface area contributed by atoms with Crippen LogP contribution in [0.15, 0.2) is 18.2 Å². The van der Waals surface area contributed by atoms with Crippen molar-refractivity contribution in [3.63, 3.8) is 0 Å². The Kier molecular flexibility index (Phi) is 3.16. The van der Waals surface area contributed by atoms with Gasteiger partial charge in [0.2, 0.25) is 0 Å². The number of phenolic OH excluding ortho intramolecular Hbond substituents is 2. The molecule has 2 bridgehead atoms. The number of phenols is 2. The summed E-state index contributed by atoms with van der Waals surface area (Å²) in [6, 6.07) is 4.06. The lowest BCUT2D eigenvalue weighted by Gasteiger charge is -2.31. The predicted molar refractivity (Wildman–Crippen MR) is 68.4 cm³/mol. The molecule has 2 unspecified atom stereocenters. The Hall–Kier alpha value is -1.59. The number of rotatable bonds is 3. The number of hydrogen-bond donors (Lipinski definition) is 2. The maximum absolute atomic E-state index is 12.2. The number of benzene rings is 1. The minimum Gasteiger partial charge on any atom is -0.508 e. The molecule has 0 radical (unpaired) electrons. The highest BCUT2D eigenvalue weighted by atomic mass is 16.5. The van der Waals surface area contributed by atoms with Crippen LogP contribution >= 0.6 is 0 Å². The Bertz CT molecular complexity index is 490. The Balaban J connectivity index is 1.68. The van der Waals surface area contributed by atoms with Crippen molar-refractivity contribution < 1.29 is 19.7 Å². The smallest absolute Gasteiger partial charge is 0.180 e. The van der Waals surface area contributed by atoms with Crippen LogP contribution in [0.4, 0.5) is 0 Å². The van der Waals surface area contributed by atoms with E-state index < -0.39 is 0 Å². The topological polar surface area (TPSA) is 70.0 Å². The quantitative estimate of drug-likeness (QED) is 0.800. The molecule has 0 spiro atoms. The lowest BCUT2D eigenvalue weighted by atomic mass is 10.1. The van der Waals surface area contributed by atoms with Crippen LogP contribution in [0.3, 0.4) is 0 Å².